The molecule has 126 valence electrons. The van der Waals surface area contributed by atoms with Crippen molar-refractivity contribution in [3.8, 4) is 17.0 Å². The Balaban J connectivity index is 2.17. The lowest BCUT2D eigenvalue weighted by molar-refractivity contribution is 0.0861. The van der Waals surface area contributed by atoms with Crippen LogP contribution in [0.15, 0.2) is 30.8 Å². The van der Waals surface area contributed by atoms with E-state index in [-0.39, 0.29) is 11.5 Å². The number of ether oxygens (including phenoxy) is 1. The van der Waals surface area contributed by atoms with Crippen LogP contribution in [0.4, 0.5) is 8.78 Å². The van der Waals surface area contributed by atoms with Crippen LogP contribution >= 0.6 is 0 Å². The molecule has 2 aromatic rings. The Kier molecular flexibility index (Phi) is 4.26. The molecule has 24 heavy (non-hydrogen) atoms. The molecule has 0 radical (unpaired) electrons. The number of hydrogen-bond acceptors (Lipinski definition) is 3. The van der Waals surface area contributed by atoms with Crippen molar-refractivity contribution in [3.05, 3.63) is 53.5 Å². The van der Waals surface area contributed by atoms with E-state index in [4.69, 9.17) is 10.5 Å². The summed E-state index contributed by atoms with van der Waals surface area (Å²) in [5.41, 5.74) is 9.18. The number of aryl methyl sites for hydroxylation is 1. The summed E-state index contributed by atoms with van der Waals surface area (Å²) < 4.78 is 33.8. The molecule has 2 heterocycles. The Morgan fingerprint density at radius 2 is 2.12 bits per heavy atom. The minimum Gasteiger partial charge on any atom is -0.471 e. The van der Waals surface area contributed by atoms with Crippen LogP contribution in [0.1, 0.15) is 30.2 Å². The van der Waals surface area contributed by atoms with Crippen molar-refractivity contribution in [2.24, 2.45) is 5.73 Å². The van der Waals surface area contributed by atoms with Crippen molar-refractivity contribution >= 4 is 5.70 Å². The van der Waals surface area contributed by atoms with Gasteiger partial charge in [0.2, 0.25) is 5.88 Å². The first kappa shape index (κ1) is 16.4. The number of fused-ring (bicyclic) bond motifs is 1. The van der Waals surface area contributed by atoms with E-state index in [0.29, 0.717) is 35.5 Å². The van der Waals surface area contributed by atoms with Crippen LogP contribution in [0.3, 0.4) is 0 Å². The van der Waals surface area contributed by atoms with Crippen molar-refractivity contribution in [1.82, 2.24) is 4.98 Å². The molecule has 2 N–H and O–H groups in total. The third kappa shape index (κ3) is 2.98. The fourth-order valence-corrected chi connectivity index (χ4v) is 2.94. The average molecular weight is 330 g/mol. The van der Waals surface area contributed by atoms with Gasteiger partial charge in [-0.2, -0.15) is 0 Å². The van der Waals surface area contributed by atoms with Gasteiger partial charge in [-0.1, -0.05) is 18.7 Å². The number of rotatable bonds is 3. The van der Waals surface area contributed by atoms with E-state index in [1.807, 2.05) is 13.0 Å². The maximum absolute atomic E-state index is 14.5. The molecule has 0 saturated carbocycles. The quantitative estimate of drug-likeness (QED) is 0.918. The third-order valence-corrected chi connectivity index (χ3v) is 4.28. The van der Waals surface area contributed by atoms with Crippen LogP contribution in [0.25, 0.3) is 16.8 Å². The number of halogens is 2. The van der Waals surface area contributed by atoms with Crippen LogP contribution in [-0.2, 0) is 6.42 Å². The highest BCUT2D eigenvalue weighted by Crippen LogP contribution is 2.38. The molecular weight excluding hydrogens is 310 g/mol. The molecule has 1 aromatic carbocycles. The first-order valence-corrected chi connectivity index (χ1v) is 7.92. The number of aromatic nitrogens is 1. The Morgan fingerprint density at radius 3 is 2.75 bits per heavy atom. The van der Waals surface area contributed by atoms with E-state index < -0.39 is 12.3 Å². The van der Waals surface area contributed by atoms with Crippen LogP contribution in [0, 0.1) is 12.7 Å². The smallest absolute Gasteiger partial charge is 0.218 e. The summed E-state index contributed by atoms with van der Waals surface area (Å²) in [7, 11) is 0. The maximum atomic E-state index is 14.5. The van der Waals surface area contributed by atoms with E-state index in [1.54, 1.807) is 12.1 Å². The van der Waals surface area contributed by atoms with Crippen LogP contribution in [-0.4, -0.2) is 17.3 Å². The van der Waals surface area contributed by atoms with Gasteiger partial charge in [-0.15, -0.1) is 0 Å². The predicted molar refractivity (Wildman–Crippen MR) is 90.9 cm³/mol. The number of nitrogens with two attached hydrogens (primary N) is 1. The molecule has 1 aromatic heterocycles. The second kappa shape index (κ2) is 6.23. The number of benzene rings is 1. The molecular formula is C19H20F2N2O. The highest BCUT2D eigenvalue weighted by atomic mass is 19.1. The summed E-state index contributed by atoms with van der Waals surface area (Å²) in [4.78, 5) is 4.34. The molecule has 0 fully saturated rings. The van der Waals surface area contributed by atoms with E-state index in [2.05, 4.69) is 11.6 Å². The fraction of sp³-hybridized carbons (Fsp3) is 0.316. The van der Waals surface area contributed by atoms with Crippen LogP contribution < -0.4 is 10.5 Å². The number of hydrogen-bond donors (Lipinski definition) is 1. The molecule has 0 bridgehead atoms. The minimum atomic E-state index is -1.11. The van der Waals surface area contributed by atoms with Gasteiger partial charge in [-0.05, 0) is 49.9 Å². The molecule has 5 heteroatoms. The minimum absolute atomic E-state index is 0.255. The summed E-state index contributed by atoms with van der Waals surface area (Å²) in [5.74, 6) is -0.00667. The molecule has 1 aliphatic heterocycles. The highest BCUT2D eigenvalue weighted by molar-refractivity contribution is 5.74. The van der Waals surface area contributed by atoms with Gasteiger partial charge in [-0.25, -0.2) is 13.8 Å². The summed E-state index contributed by atoms with van der Waals surface area (Å²) in [6.07, 6.45) is -0.567. The van der Waals surface area contributed by atoms with Crippen molar-refractivity contribution in [2.45, 2.75) is 39.0 Å². The van der Waals surface area contributed by atoms with Crippen molar-refractivity contribution in [2.75, 3.05) is 0 Å². The lowest BCUT2D eigenvalue weighted by Gasteiger charge is -2.28. The van der Waals surface area contributed by atoms with E-state index in [1.165, 1.54) is 13.0 Å². The second-order valence-electron chi connectivity index (χ2n) is 6.22. The van der Waals surface area contributed by atoms with E-state index >= 15 is 0 Å². The predicted octanol–water partition coefficient (Wildman–Crippen LogP) is 4.18. The molecule has 3 rings (SSSR count). The Hall–Kier alpha value is -2.43. The van der Waals surface area contributed by atoms with Gasteiger partial charge < -0.3 is 10.5 Å². The monoisotopic (exact) mass is 330 g/mol. The van der Waals surface area contributed by atoms with Gasteiger partial charge in [0, 0.05) is 11.1 Å². The highest BCUT2D eigenvalue weighted by Gasteiger charge is 2.29. The fourth-order valence-electron chi connectivity index (χ4n) is 2.94. The normalized spacial score (nSPS) is 17.8. The SMILES string of the molecule is C=C(N)c1cc(-c2ccc(C)cc2F)c2c(n1)O[C@H](C(C)F)CC2. The zero-order valence-electron chi connectivity index (χ0n) is 13.8. The van der Waals surface area contributed by atoms with Crippen LogP contribution in [0.5, 0.6) is 5.88 Å². The molecule has 0 aliphatic carbocycles. The van der Waals surface area contributed by atoms with Gasteiger partial charge in [-0.3, -0.25) is 0 Å². The summed E-state index contributed by atoms with van der Waals surface area (Å²) in [6, 6.07) is 6.78. The maximum Gasteiger partial charge on any atom is 0.218 e. The molecule has 3 nitrogen and oxygen atoms in total. The van der Waals surface area contributed by atoms with Gasteiger partial charge in [0.15, 0.2) is 0 Å². The zero-order chi connectivity index (χ0) is 17.4. The molecule has 1 unspecified atom stereocenters. The summed E-state index contributed by atoms with van der Waals surface area (Å²) in [5, 5.41) is 0. The van der Waals surface area contributed by atoms with E-state index in [9.17, 15) is 8.78 Å². The Bertz CT molecular complexity index is 802. The first-order valence-electron chi connectivity index (χ1n) is 7.92. The number of nitrogens with zero attached hydrogens (tertiary/aromatic N) is 1. The molecule has 0 saturated heterocycles. The zero-order valence-corrected chi connectivity index (χ0v) is 13.8. The average Bonchev–Trinajstić information content (AvgIpc) is 2.53. The molecule has 0 amide bonds. The lowest BCUT2D eigenvalue weighted by atomic mass is 9.92. The number of alkyl halides is 1. The number of pyridine rings is 1. The summed E-state index contributed by atoms with van der Waals surface area (Å²) in [6.45, 7) is 6.98. The van der Waals surface area contributed by atoms with Gasteiger partial charge in [0.05, 0.1) is 11.4 Å². The Labute approximate surface area is 140 Å². The lowest BCUT2D eigenvalue weighted by Crippen LogP contribution is -2.31. The molecule has 1 aliphatic rings. The van der Waals surface area contributed by atoms with Crippen LogP contribution in [0.2, 0.25) is 0 Å². The molecule has 0 spiro atoms. The van der Waals surface area contributed by atoms with Gasteiger partial charge >= 0.3 is 0 Å². The standard InChI is InChI=1S/C19H20F2N2O/c1-10-4-5-13(16(21)8-10)15-9-17(12(3)22)23-19-14(15)6-7-18(24-19)11(2)20/h4-5,8-9,11,18H,3,6-7,22H2,1-2H3/t11?,18-/m0/s1. The second-order valence-corrected chi connectivity index (χ2v) is 6.22. The van der Waals surface area contributed by atoms with Gasteiger partial charge in [0.1, 0.15) is 18.1 Å². The van der Waals surface area contributed by atoms with E-state index in [0.717, 1.165) is 11.1 Å². The first-order chi connectivity index (χ1) is 11.4. The largest absolute Gasteiger partial charge is 0.471 e. The summed E-state index contributed by atoms with van der Waals surface area (Å²) >= 11 is 0. The molecule has 2 atom stereocenters. The van der Waals surface area contributed by atoms with Crippen molar-refractivity contribution in [1.29, 1.82) is 0 Å². The van der Waals surface area contributed by atoms with Gasteiger partial charge in [0.25, 0.3) is 0 Å². The third-order valence-electron chi connectivity index (χ3n) is 4.28. The Morgan fingerprint density at radius 1 is 1.38 bits per heavy atom. The topological polar surface area (TPSA) is 48.1 Å². The van der Waals surface area contributed by atoms with Crippen molar-refractivity contribution < 1.29 is 13.5 Å². The van der Waals surface area contributed by atoms with Crippen molar-refractivity contribution in [3.63, 3.8) is 0 Å².